The molecule has 6 nitrogen and oxygen atoms in total. The topological polar surface area (TPSA) is 74.8 Å². The summed E-state index contributed by atoms with van der Waals surface area (Å²) in [5.74, 6) is 2.42. The minimum absolute atomic E-state index is 0. The Hall–Kier alpha value is -1.51. The zero-order valence-electron chi connectivity index (χ0n) is 16.4. The van der Waals surface area contributed by atoms with E-state index in [0.29, 0.717) is 25.5 Å². The van der Waals surface area contributed by atoms with Crippen molar-refractivity contribution < 1.29 is 9.53 Å². The van der Waals surface area contributed by atoms with Crippen LogP contribution in [0, 0.1) is 5.92 Å². The Morgan fingerprint density at radius 1 is 1.15 bits per heavy atom. The van der Waals surface area contributed by atoms with Gasteiger partial charge < -0.3 is 20.7 Å². The highest BCUT2D eigenvalue weighted by atomic mass is 127. The summed E-state index contributed by atoms with van der Waals surface area (Å²) in [6, 6.07) is 8.06. The molecule has 0 atom stereocenters. The van der Waals surface area contributed by atoms with Crippen molar-refractivity contribution >= 4 is 35.8 Å². The number of ether oxygens (including phenoxy) is 1. The number of hydrogen-bond acceptors (Lipinski definition) is 3. The quantitative estimate of drug-likeness (QED) is 0.254. The zero-order valence-corrected chi connectivity index (χ0v) is 18.8. The average Bonchev–Trinajstić information content (AvgIpc) is 3.48. The SMILES string of the molecule is CCCNC(=O)CCNC(=NCc1ccccc1OCC1CC1)NCC.I. The van der Waals surface area contributed by atoms with Crippen molar-refractivity contribution in [3.8, 4) is 5.75 Å². The van der Waals surface area contributed by atoms with Gasteiger partial charge in [0.1, 0.15) is 5.75 Å². The number of carbonyl (C=O) groups is 1. The van der Waals surface area contributed by atoms with Gasteiger partial charge in [-0.05, 0) is 38.2 Å². The molecule has 1 aliphatic rings. The molecular formula is C20H33IN4O2. The van der Waals surface area contributed by atoms with Crippen molar-refractivity contribution in [1.29, 1.82) is 0 Å². The van der Waals surface area contributed by atoms with Crippen LogP contribution in [0.25, 0.3) is 0 Å². The van der Waals surface area contributed by atoms with Crippen LogP contribution in [0.1, 0.15) is 45.1 Å². The molecule has 0 unspecified atom stereocenters. The van der Waals surface area contributed by atoms with E-state index >= 15 is 0 Å². The number of hydrogen-bond donors (Lipinski definition) is 3. The van der Waals surface area contributed by atoms with E-state index in [1.807, 2.05) is 38.1 Å². The third-order valence-electron chi connectivity index (χ3n) is 4.11. The average molecular weight is 488 g/mol. The van der Waals surface area contributed by atoms with Gasteiger partial charge in [-0.15, -0.1) is 24.0 Å². The first kappa shape index (κ1) is 23.5. The molecule has 0 heterocycles. The van der Waals surface area contributed by atoms with Crippen molar-refractivity contribution in [2.24, 2.45) is 10.9 Å². The molecule has 0 radical (unpaired) electrons. The summed E-state index contributed by atoms with van der Waals surface area (Å²) in [6.45, 7) is 7.46. The monoisotopic (exact) mass is 488 g/mol. The summed E-state index contributed by atoms with van der Waals surface area (Å²) >= 11 is 0. The number of guanidine groups is 1. The minimum atomic E-state index is 0. The Bertz CT molecular complexity index is 591. The molecule has 1 aromatic carbocycles. The third kappa shape index (κ3) is 9.83. The molecule has 1 aromatic rings. The molecule has 1 aliphatic carbocycles. The molecule has 1 fully saturated rings. The second kappa shape index (κ2) is 13.6. The van der Waals surface area contributed by atoms with Gasteiger partial charge in [-0.3, -0.25) is 4.79 Å². The highest BCUT2D eigenvalue weighted by Gasteiger charge is 2.22. The van der Waals surface area contributed by atoms with E-state index in [9.17, 15) is 4.79 Å². The molecule has 0 spiro atoms. The summed E-state index contributed by atoms with van der Waals surface area (Å²) in [5, 5.41) is 9.31. The van der Waals surface area contributed by atoms with Gasteiger partial charge in [-0.25, -0.2) is 4.99 Å². The van der Waals surface area contributed by atoms with Crippen LogP contribution in [0.4, 0.5) is 0 Å². The zero-order chi connectivity index (χ0) is 18.6. The smallest absolute Gasteiger partial charge is 0.221 e. The number of para-hydroxylation sites is 1. The van der Waals surface area contributed by atoms with Crippen LogP contribution in [0.5, 0.6) is 5.75 Å². The third-order valence-corrected chi connectivity index (χ3v) is 4.11. The van der Waals surface area contributed by atoms with E-state index in [-0.39, 0.29) is 29.9 Å². The van der Waals surface area contributed by atoms with Gasteiger partial charge in [0, 0.05) is 31.6 Å². The second-order valence-corrected chi connectivity index (χ2v) is 6.58. The number of rotatable bonds is 11. The lowest BCUT2D eigenvalue weighted by Gasteiger charge is -2.13. The van der Waals surface area contributed by atoms with Crippen LogP contribution in [-0.4, -0.2) is 38.1 Å². The lowest BCUT2D eigenvalue weighted by atomic mass is 10.2. The molecule has 2 rings (SSSR count). The Morgan fingerprint density at radius 3 is 2.63 bits per heavy atom. The molecular weight excluding hydrogens is 455 g/mol. The van der Waals surface area contributed by atoms with Crippen molar-refractivity contribution in [3.05, 3.63) is 29.8 Å². The fourth-order valence-corrected chi connectivity index (χ4v) is 2.42. The summed E-state index contributed by atoms with van der Waals surface area (Å²) in [4.78, 5) is 16.3. The number of nitrogens with zero attached hydrogens (tertiary/aromatic N) is 1. The van der Waals surface area contributed by atoms with Gasteiger partial charge in [-0.1, -0.05) is 25.1 Å². The van der Waals surface area contributed by atoms with Crippen LogP contribution in [0.2, 0.25) is 0 Å². The number of amides is 1. The highest BCUT2D eigenvalue weighted by Crippen LogP contribution is 2.30. The standard InChI is InChI=1S/C20H32N4O2.HI/c1-3-12-22-19(25)11-13-23-20(21-4-2)24-14-17-7-5-6-8-18(17)26-15-16-9-10-16;/h5-8,16H,3-4,9-15H2,1-2H3,(H,22,25)(H2,21,23,24);1H. The van der Waals surface area contributed by atoms with Gasteiger partial charge in [-0.2, -0.15) is 0 Å². The number of carbonyl (C=O) groups excluding carboxylic acids is 1. The number of benzene rings is 1. The van der Waals surface area contributed by atoms with Crippen LogP contribution in [0.3, 0.4) is 0 Å². The van der Waals surface area contributed by atoms with E-state index in [2.05, 4.69) is 20.9 Å². The first-order valence-corrected chi connectivity index (χ1v) is 9.72. The van der Waals surface area contributed by atoms with Gasteiger partial charge in [0.2, 0.25) is 5.91 Å². The molecule has 7 heteroatoms. The normalized spacial score (nSPS) is 13.5. The molecule has 0 saturated heterocycles. The molecule has 1 amide bonds. The van der Waals surface area contributed by atoms with E-state index in [1.54, 1.807) is 0 Å². The lowest BCUT2D eigenvalue weighted by Crippen LogP contribution is -2.39. The molecule has 0 aromatic heterocycles. The number of nitrogens with one attached hydrogen (secondary N) is 3. The van der Waals surface area contributed by atoms with E-state index in [0.717, 1.165) is 43.3 Å². The maximum atomic E-state index is 11.7. The van der Waals surface area contributed by atoms with Crippen LogP contribution in [0.15, 0.2) is 29.3 Å². The molecule has 27 heavy (non-hydrogen) atoms. The summed E-state index contributed by atoms with van der Waals surface area (Å²) in [5.41, 5.74) is 1.08. The molecule has 0 aliphatic heterocycles. The first-order valence-electron chi connectivity index (χ1n) is 9.72. The molecule has 152 valence electrons. The lowest BCUT2D eigenvalue weighted by molar-refractivity contribution is -0.120. The van der Waals surface area contributed by atoms with Crippen molar-refractivity contribution in [2.75, 3.05) is 26.2 Å². The van der Waals surface area contributed by atoms with Crippen molar-refractivity contribution in [3.63, 3.8) is 0 Å². The maximum absolute atomic E-state index is 11.7. The molecule has 3 N–H and O–H groups in total. The van der Waals surface area contributed by atoms with Crippen molar-refractivity contribution in [1.82, 2.24) is 16.0 Å². The summed E-state index contributed by atoms with van der Waals surface area (Å²) in [6.07, 6.45) is 3.94. The Morgan fingerprint density at radius 2 is 1.93 bits per heavy atom. The van der Waals surface area contributed by atoms with Crippen LogP contribution >= 0.6 is 24.0 Å². The highest BCUT2D eigenvalue weighted by molar-refractivity contribution is 14.0. The van der Waals surface area contributed by atoms with Gasteiger partial charge in [0.05, 0.1) is 13.2 Å². The fourth-order valence-electron chi connectivity index (χ4n) is 2.42. The van der Waals surface area contributed by atoms with E-state index in [1.165, 1.54) is 12.8 Å². The predicted molar refractivity (Wildman–Crippen MR) is 121 cm³/mol. The number of aliphatic imine (C=N–C) groups is 1. The number of halogens is 1. The predicted octanol–water partition coefficient (Wildman–Crippen LogP) is 3.06. The maximum Gasteiger partial charge on any atom is 0.221 e. The van der Waals surface area contributed by atoms with E-state index < -0.39 is 0 Å². The Balaban J connectivity index is 0.00000364. The van der Waals surface area contributed by atoms with Crippen LogP contribution < -0.4 is 20.7 Å². The van der Waals surface area contributed by atoms with Crippen molar-refractivity contribution in [2.45, 2.75) is 46.1 Å². The minimum Gasteiger partial charge on any atom is -0.493 e. The van der Waals surface area contributed by atoms with Gasteiger partial charge in [0.15, 0.2) is 5.96 Å². The molecule has 1 saturated carbocycles. The fraction of sp³-hybridized carbons (Fsp3) is 0.600. The second-order valence-electron chi connectivity index (χ2n) is 6.58. The molecule has 0 bridgehead atoms. The summed E-state index contributed by atoms with van der Waals surface area (Å²) < 4.78 is 5.94. The Kier molecular flexibility index (Phi) is 11.9. The van der Waals surface area contributed by atoms with Gasteiger partial charge >= 0.3 is 0 Å². The first-order chi connectivity index (χ1) is 12.7. The largest absolute Gasteiger partial charge is 0.493 e. The Labute approximate surface area is 179 Å². The van der Waals surface area contributed by atoms with Crippen LogP contribution in [-0.2, 0) is 11.3 Å². The summed E-state index contributed by atoms with van der Waals surface area (Å²) in [7, 11) is 0. The van der Waals surface area contributed by atoms with Gasteiger partial charge in [0.25, 0.3) is 0 Å². The van der Waals surface area contributed by atoms with E-state index in [4.69, 9.17) is 4.74 Å².